The van der Waals surface area contributed by atoms with Gasteiger partial charge in [0, 0.05) is 5.69 Å². The summed E-state index contributed by atoms with van der Waals surface area (Å²) in [5.41, 5.74) is 2.98. The van der Waals surface area contributed by atoms with Crippen molar-refractivity contribution in [1.29, 1.82) is 0 Å². The average Bonchev–Trinajstić information content (AvgIpc) is 2.74. The van der Waals surface area contributed by atoms with E-state index < -0.39 is 6.01 Å². The maximum atomic E-state index is 9.78. The van der Waals surface area contributed by atoms with Crippen LogP contribution in [-0.4, -0.2) is 20.1 Å². The predicted molar refractivity (Wildman–Crippen MR) is 113 cm³/mol. The van der Waals surface area contributed by atoms with E-state index in [2.05, 4.69) is 38.5 Å². The summed E-state index contributed by atoms with van der Waals surface area (Å²) in [4.78, 5) is 11.9. The number of para-hydroxylation sites is 1. The van der Waals surface area contributed by atoms with E-state index in [1.54, 1.807) is 12.1 Å². The molecule has 0 saturated carbocycles. The van der Waals surface area contributed by atoms with Gasteiger partial charge in [-0.3, -0.25) is 0 Å². The standard InChI is InChI=1S/C23H18N4O2/c28-22-25-21(26-23(27-22)29-20-9-5-2-6-10-20)24-19-15-13-18(14-16-19)12-11-17-7-3-1-4-8-17/h1-16H,(H2,24,25,26,27,28). The Morgan fingerprint density at radius 2 is 1.31 bits per heavy atom. The lowest BCUT2D eigenvalue weighted by molar-refractivity contribution is 0.391. The number of rotatable bonds is 6. The van der Waals surface area contributed by atoms with Gasteiger partial charge in [0.2, 0.25) is 5.95 Å². The van der Waals surface area contributed by atoms with Gasteiger partial charge in [0.15, 0.2) is 0 Å². The summed E-state index contributed by atoms with van der Waals surface area (Å²) in [5, 5.41) is 12.8. The molecule has 0 amide bonds. The van der Waals surface area contributed by atoms with Gasteiger partial charge in [-0.1, -0.05) is 72.8 Å². The van der Waals surface area contributed by atoms with Crippen LogP contribution in [0.5, 0.6) is 17.8 Å². The van der Waals surface area contributed by atoms with E-state index in [9.17, 15) is 5.11 Å². The third-order valence-electron chi connectivity index (χ3n) is 3.99. The van der Waals surface area contributed by atoms with Crippen molar-refractivity contribution >= 4 is 23.8 Å². The molecule has 0 aliphatic rings. The van der Waals surface area contributed by atoms with Gasteiger partial charge in [-0.25, -0.2) is 0 Å². The minimum absolute atomic E-state index is 0.00798. The van der Waals surface area contributed by atoms with E-state index in [-0.39, 0.29) is 12.0 Å². The lowest BCUT2D eigenvalue weighted by atomic mass is 10.1. The molecule has 0 bridgehead atoms. The van der Waals surface area contributed by atoms with Gasteiger partial charge in [0.1, 0.15) is 5.75 Å². The van der Waals surface area contributed by atoms with E-state index in [0.29, 0.717) is 5.75 Å². The Kier molecular flexibility index (Phi) is 5.43. The molecule has 0 fully saturated rings. The highest BCUT2D eigenvalue weighted by Crippen LogP contribution is 2.22. The molecule has 0 aliphatic heterocycles. The molecule has 2 N–H and O–H groups in total. The number of nitrogens with zero attached hydrogens (tertiary/aromatic N) is 3. The molecule has 3 aromatic carbocycles. The summed E-state index contributed by atoms with van der Waals surface area (Å²) in [6.45, 7) is 0. The lowest BCUT2D eigenvalue weighted by Gasteiger charge is -2.08. The Morgan fingerprint density at radius 1 is 0.690 bits per heavy atom. The van der Waals surface area contributed by atoms with Crippen LogP contribution in [0, 0.1) is 0 Å². The highest BCUT2D eigenvalue weighted by atomic mass is 16.5. The first-order valence-electron chi connectivity index (χ1n) is 9.03. The van der Waals surface area contributed by atoms with Gasteiger partial charge >= 0.3 is 12.0 Å². The summed E-state index contributed by atoms with van der Waals surface area (Å²) in [5.74, 6) is 0.759. The maximum Gasteiger partial charge on any atom is 0.330 e. The Morgan fingerprint density at radius 3 is 2.00 bits per heavy atom. The minimum Gasteiger partial charge on any atom is -0.479 e. The number of ether oxygens (including phenoxy) is 1. The van der Waals surface area contributed by atoms with Gasteiger partial charge in [0.25, 0.3) is 0 Å². The first-order chi connectivity index (χ1) is 14.2. The molecule has 0 atom stereocenters. The molecule has 0 spiro atoms. The van der Waals surface area contributed by atoms with Crippen LogP contribution in [0.2, 0.25) is 0 Å². The molecule has 0 aliphatic carbocycles. The van der Waals surface area contributed by atoms with Crippen LogP contribution < -0.4 is 10.1 Å². The van der Waals surface area contributed by atoms with Crippen LogP contribution in [0.3, 0.4) is 0 Å². The summed E-state index contributed by atoms with van der Waals surface area (Å²) in [7, 11) is 0. The molecule has 1 aromatic heterocycles. The molecule has 29 heavy (non-hydrogen) atoms. The molecule has 0 saturated heterocycles. The average molecular weight is 382 g/mol. The monoisotopic (exact) mass is 382 g/mol. The van der Waals surface area contributed by atoms with E-state index in [4.69, 9.17) is 4.74 Å². The topological polar surface area (TPSA) is 80.2 Å². The van der Waals surface area contributed by atoms with E-state index in [1.165, 1.54) is 0 Å². The van der Waals surface area contributed by atoms with Gasteiger partial charge in [-0.2, -0.15) is 9.97 Å². The minimum atomic E-state index is -0.421. The number of anilines is 2. The molecule has 0 unspecified atom stereocenters. The van der Waals surface area contributed by atoms with Crippen LogP contribution in [0.4, 0.5) is 11.6 Å². The van der Waals surface area contributed by atoms with Crippen LogP contribution in [0.1, 0.15) is 11.1 Å². The fourth-order valence-corrected chi connectivity index (χ4v) is 2.60. The molecule has 4 rings (SSSR count). The molecule has 142 valence electrons. The van der Waals surface area contributed by atoms with Gasteiger partial charge in [-0.15, -0.1) is 4.98 Å². The maximum absolute atomic E-state index is 9.78. The lowest BCUT2D eigenvalue weighted by Crippen LogP contribution is -2.01. The highest BCUT2D eigenvalue weighted by Gasteiger charge is 2.08. The zero-order chi connectivity index (χ0) is 19.9. The number of nitrogens with one attached hydrogen (secondary N) is 1. The predicted octanol–water partition coefficient (Wildman–Crippen LogP) is 5.28. The zero-order valence-corrected chi connectivity index (χ0v) is 15.4. The van der Waals surface area contributed by atoms with Crippen molar-refractivity contribution in [3.8, 4) is 17.8 Å². The van der Waals surface area contributed by atoms with Gasteiger partial charge in [-0.05, 0) is 35.4 Å². The Bertz CT molecular complexity index is 1100. The van der Waals surface area contributed by atoms with Crippen LogP contribution in [0.25, 0.3) is 12.2 Å². The molecular weight excluding hydrogens is 364 g/mol. The molecule has 6 heteroatoms. The molecule has 4 aromatic rings. The fourth-order valence-electron chi connectivity index (χ4n) is 2.60. The van der Waals surface area contributed by atoms with E-state index in [0.717, 1.165) is 16.8 Å². The SMILES string of the molecule is Oc1nc(Nc2ccc(C=Cc3ccccc3)cc2)nc(Oc2ccccc2)n1. The summed E-state index contributed by atoms with van der Waals surface area (Å²) >= 11 is 0. The largest absolute Gasteiger partial charge is 0.479 e. The highest BCUT2D eigenvalue weighted by molar-refractivity contribution is 5.70. The van der Waals surface area contributed by atoms with Crippen molar-refractivity contribution in [3.05, 3.63) is 96.1 Å². The second-order valence-electron chi connectivity index (χ2n) is 6.15. The summed E-state index contributed by atoms with van der Waals surface area (Å²) < 4.78 is 5.56. The molecule has 6 nitrogen and oxygen atoms in total. The number of hydrogen-bond donors (Lipinski definition) is 2. The van der Waals surface area contributed by atoms with E-state index >= 15 is 0 Å². The van der Waals surface area contributed by atoms with Crippen molar-refractivity contribution in [3.63, 3.8) is 0 Å². The third-order valence-corrected chi connectivity index (χ3v) is 3.99. The second kappa shape index (κ2) is 8.67. The third kappa shape index (κ3) is 5.17. The fraction of sp³-hybridized carbons (Fsp3) is 0. The van der Waals surface area contributed by atoms with Crippen molar-refractivity contribution in [2.75, 3.05) is 5.32 Å². The number of hydrogen-bond acceptors (Lipinski definition) is 6. The second-order valence-corrected chi connectivity index (χ2v) is 6.15. The van der Waals surface area contributed by atoms with E-state index in [1.807, 2.05) is 66.7 Å². The first-order valence-corrected chi connectivity index (χ1v) is 9.03. The molecular formula is C23H18N4O2. The quantitative estimate of drug-likeness (QED) is 0.442. The summed E-state index contributed by atoms with van der Waals surface area (Å²) in [6, 6.07) is 26.6. The van der Waals surface area contributed by atoms with Crippen molar-refractivity contribution < 1.29 is 9.84 Å². The number of aromatic hydroxyl groups is 1. The molecule has 0 radical (unpaired) electrons. The van der Waals surface area contributed by atoms with Crippen LogP contribution in [-0.2, 0) is 0 Å². The Hall–Kier alpha value is -4.19. The normalized spacial score (nSPS) is 10.8. The van der Waals surface area contributed by atoms with Crippen LogP contribution in [0.15, 0.2) is 84.9 Å². The smallest absolute Gasteiger partial charge is 0.330 e. The van der Waals surface area contributed by atoms with Crippen LogP contribution >= 0.6 is 0 Å². The van der Waals surface area contributed by atoms with Crippen molar-refractivity contribution in [2.24, 2.45) is 0 Å². The van der Waals surface area contributed by atoms with Gasteiger partial charge in [0.05, 0.1) is 0 Å². The number of benzene rings is 3. The number of aromatic nitrogens is 3. The summed E-state index contributed by atoms with van der Waals surface area (Å²) in [6.07, 6.45) is 4.10. The Labute approximate surface area is 168 Å². The van der Waals surface area contributed by atoms with Gasteiger partial charge < -0.3 is 15.2 Å². The van der Waals surface area contributed by atoms with Crippen molar-refractivity contribution in [2.45, 2.75) is 0 Å². The first kappa shape index (κ1) is 18.2. The molecule has 1 heterocycles. The zero-order valence-electron chi connectivity index (χ0n) is 15.4. The van der Waals surface area contributed by atoms with Crippen molar-refractivity contribution in [1.82, 2.24) is 15.0 Å². The Balaban J connectivity index is 1.45.